The number of methoxy groups -OCH3 is 1. The van der Waals surface area contributed by atoms with E-state index in [1.165, 1.54) is 64.6 Å². The van der Waals surface area contributed by atoms with Crippen LogP contribution in [-0.4, -0.2) is 50.3 Å². The van der Waals surface area contributed by atoms with Crippen molar-refractivity contribution in [2.45, 2.75) is 64.0 Å². The standard InChI is InChI=1S/C16H32N2O/c1-3-15-12-17-16(14-8-5-4-6-9-14)13-18(15)10-7-11-19-2/h14-17H,3-13H2,1-2H3. The molecular formula is C16H32N2O. The van der Waals surface area contributed by atoms with Crippen LogP contribution in [0.4, 0.5) is 0 Å². The van der Waals surface area contributed by atoms with E-state index in [0.29, 0.717) is 0 Å². The molecule has 19 heavy (non-hydrogen) atoms. The third-order valence-electron chi connectivity index (χ3n) is 5.05. The summed E-state index contributed by atoms with van der Waals surface area (Å²) in [5.41, 5.74) is 0. The number of nitrogens with zero attached hydrogens (tertiary/aromatic N) is 1. The van der Waals surface area contributed by atoms with Gasteiger partial charge in [-0.15, -0.1) is 0 Å². The molecule has 0 radical (unpaired) electrons. The third kappa shape index (κ3) is 4.44. The van der Waals surface area contributed by atoms with Gasteiger partial charge in [0.2, 0.25) is 0 Å². The lowest BCUT2D eigenvalue weighted by Gasteiger charge is -2.44. The Morgan fingerprint density at radius 3 is 2.68 bits per heavy atom. The molecule has 0 spiro atoms. The van der Waals surface area contributed by atoms with E-state index in [0.717, 1.165) is 24.6 Å². The Kier molecular flexibility index (Phi) is 6.62. The summed E-state index contributed by atoms with van der Waals surface area (Å²) in [7, 11) is 1.81. The summed E-state index contributed by atoms with van der Waals surface area (Å²) < 4.78 is 5.20. The van der Waals surface area contributed by atoms with E-state index in [9.17, 15) is 0 Å². The molecule has 3 nitrogen and oxygen atoms in total. The van der Waals surface area contributed by atoms with Crippen LogP contribution in [0.25, 0.3) is 0 Å². The molecule has 3 heteroatoms. The second-order valence-corrected chi connectivity index (χ2v) is 6.32. The number of hydrogen-bond donors (Lipinski definition) is 1. The summed E-state index contributed by atoms with van der Waals surface area (Å²) in [6.45, 7) is 6.86. The first-order chi connectivity index (χ1) is 9.35. The molecule has 112 valence electrons. The Balaban J connectivity index is 1.83. The van der Waals surface area contributed by atoms with Crippen LogP contribution in [0.3, 0.4) is 0 Å². The minimum atomic E-state index is 0.733. The summed E-state index contributed by atoms with van der Waals surface area (Å²) in [6, 6.07) is 1.47. The van der Waals surface area contributed by atoms with Gasteiger partial charge in [-0.05, 0) is 31.6 Å². The van der Waals surface area contributed by atoms with Gasteiger partial charge in [0.25, 0.3) is 0 Å². The number of piperazine rings is 1. The minimum Gasteiger partial charge on any atom is -0.385 e. The average Bonchev–Trinajstić information content (AvgIpc) is 2.48. The molecule has 1 N–H and O–H groups in total. The Morgan fingerprint density at radius 2 is 2.00 bits per heavy atom. The number of rotatable bonds is 6. The van der Waals surface area contributed by atoms with Gasteiger partial charge in [-0.3, -0.25) is 4.90 Å². The minimum absolute atomic E-state index is 0.733. The van der Waals surface area contributed by atoms with Gasteiger partial charge >= 0.3 is 0 Å². The first-order valence-corrected chi connectivity index (χ1v) is 8.31. The summed E-state index contributed by atoms with van der Waals surface area (Å²) in [6.07, 6.45) is 9.67. The first kappa shape index (κ1) is 15.3. The number of hydrogen-bond acceptors (Lipinski definition) is 3. The van der Waals surface area contributed by atoms with Crippen molar-refractivity contribution in [2.24, 2.45) is 5.92 Å². The SMILES string of the molecule is CCC1CNC(C2CCCCC2)CN1CCCOC. The molecule has 1 saturated carbocycles. The van der Waals surface area contributed by atoms with Crippen LogP contribution in [0.15, 0.2) is 0 Å². The van der Waals surface area contributed by atoms with Crippen LogP contribution >= 0.6 is 0 Å². The first-order valence-electron chi connectivity index (χ1n) is 8.31. The maximum Gasteiger partial charge on any atom is 0.0474 e. The van der Waals surface area contributed by atoms with Gasteiger partial charge in [0.1, 0.15) is 0 Å². The molecule has 0 amide bonds. The molecule has 2 fully saturated rings. The summed E-state index contributed by atoms with van der Waals surface area (Å²) in [5, 5.41) is 3.84. The van der Waals surface area contributed by atoms with Crippen molar-refractivity contribution < 1.29 is 4.74 Å². The molecular weight excluding hydrogens is 236 g/mol. The van der Waals surface area contributed by atoms with Crippen LogP contribution < -0.4 is 5.32 Å². The van der Waals surface area contributed by atoms with Gasteiger partial charge in [-0.2, -0.15) is 0 Å². The molecule has 2 rings (SSSR count). The lowest BCUT2D eigenvalue weighted by molar-refractivity contribution is 0.0825. The van der Waals surface area contributed by atoms with E-state index in [1.54, 1.807) is 7.11 Å². The summed E-state index contributed by atoms with van der Waals surface area (Å²) >= 11 is 0. The van der Waals surface area contributed by atoms with Gasteiger partial charge < -0.3 is 10.1 Å². The van der Waals surface area contributed by atoms with E-state index in [1.807, 2.05) is 0 Å². The van der Waals surface area contributed by atoms with Crippen LogP contribution in [0.1, 0.15) is 51.9 Å². The maximum atomic E-state index is 5.20. The van der Waals surface area contributed by atoms with Crippen molar-refractivity contribution in [3.63, 3.8) is 0 Å². The second-order valence-electron chi connectivity index (χ2n) is 6.32. The fraction of sp³-hybridized carbons (Fsp3) is 1.00. The lowest BCUT2D eigenvalue weighted by atomic mass is 9.82. The van der Waals surface area contributed by atoms with Crippen molar-refractivity contribution in [1.82, 2.24) is 10.2 Å². The van der Waals surface area contributed by atoms with E-state index in [-0.39, 0.29) is 0 Å². The number of ether oxygens (including phenoxy) is 1. The zero-order chi connectivity index (χ0) is 13.5. The molecule has 1 aliphatic carbocycles. The lowest BCUT2D eigenvalue weighted by Crippen LogP contribution is -2.58. The van der Waals surface area contributed by atoms with E-state index < -0.39 is 0 Å². The third-order valence-corrected chi connectivity index (χ3v) is 5.05. The van der Waals surface area contributed by atoms with E-state index in [4.69, 9.17) is 4.74 Å². The molecule has 2 unspecified atom stereocenters. The molecule has 0 aromatic carbocycles. The fourth-order valence-corrected chi connectivity index (χ4v) is 3.82. The van der Waals surface area contributed by atoms with Crippen molar-refractivity contribution in [1.29, 1.82) is 0 Å². The van der Waals surface area contributed by atoms with Crippen molar-refractivity contribution in [3.8, 4) is 0 Å². The zero-order valence-corrected chi connectivity index (χ0v) is 12.9. The van der Waals surface area contributed by atoms with E-state index >= 15 is 0 Å². The highest BCUT2D eigenvalue weighted by Crippen LogP contribution is 2.28. The predicted octanol–water partition coefficient (Wildman–Crippen LogP) is 2.66. The molecule has 1 aliphatic heterocycles. The second kappa shape index (κ2) is 8.23. The highest BCUT2D eigenvalue weighted by Gasteiger charge is 2.31. The Bertz CT molecular complexity index is 241. The summed E-state index contributed by atoms with van der Waals surface area (Å²) in [4.78, 5) is 2.72. The van der Waals surface area contributed by atoms with Crippen molar-refractivity contribution in [2.75, 3.05) is 33.4 Å². The monoisotopic (exact) mass is 268 g/mol. The van der Waals surface area contributed by atoms with Gasteiger partial charge in [-0.1, -0.05) is 26.2 Å². The van der Waals surface area contributed by atoms with Crippen molar-refractivity contribution >= 4 is 0 Å². The summed E-state index contributed by atoms with van der Waals surface area (Å²) in [5.74, 6) is 0.927. The molecule has 1 saturated heterocycles. The largest absolute Gasteiger partial charge is 0.385 e. The normalized spacial score (nSPS) is 30.6. The zero-order valence-electron chi connectivity index (χ0n) is 12.9. The van der Waals surface area contributed by atoms with Crippen molar-refractivity contribution in [3.05, 3.63) is 0 Å². The van der Waals surface area contributed by atoms with E-state index in [2.05, 4.69) is 17.1 Å². The van der Waals surface area contributed by atoms with Crippen LogP contribution in [0.2, 0.25) is 0 Å². The smallest absolute Gasteiger partial charge is 0.0474 e. The molecule has 2 atom stereocenters. The van der Waals surface area contributed by atoms with Gasteiger partial charge in [0.15, 0.2) is 0 Å². The van der Waals surface area contributed by atoms with Crippen LogP contribution in [-0.2, 0) is 4.74 Å². The Hall–Kier alpha value is -0.120. The molecule has 0 aromatic rings. The van der Waals surface area contributed by atoms with Gasteiger partial charge in [-0.25, -0.2) is 0 Å². The van der Waals surface area contributed by atoms with Gasteiger partial charge in [0, 0.05) is 45.4 Å². The molecule has 0 bridgehead atoms. The highest BCUT2D eigenvalue weighted by molar-refractivity contribution is 4.90. The topological polar surface area (TPSA) is 24.5 Å². The van der Waals surface area contributed by atoms with Gasteiger partial charge in [0.05, 0.1) is 0 Å². The maximum absolute atomic E-state index is 5.20. The van der Waals surface area contributed by atoms with Crippen LogP contribution in [0, 0.1) is 5.92 Å². The highest BCUT2D eigenvalue weighted by atomic mass is 16.5. The number of nitrogens with one attached hydrogen (secondary N) is 1. The predicted molar refractivity (Wildman–Crippen MR) is 80.5 cm³/mol. The van der Waals surface area contributed by atoms with Crippen LogP contribution in [0.5, 0.6) is 0 Å². The molecule has 2 aliphatic rings. The Morgan fingerprint density at radius 1 is 1.21 bits per heavy atom. The molecule has 0 aromatic heterocycles. The fourth-order valence-electron chi connectivity index (χ4n) is 3.82. The molecule has 1 heterocycles. The Labute approximate surface area is 119 Å². The quantitative estimate of drug-likeness (QED) is 0.750. The average molecular weight is 268 g/mol.